The summed E-state index contributed by atoms with van der Waals surface area (Å²) >= 11 is 7.65. The van der Waals surface area contributed by atoms with Gasteiger partial charge in [0.25, 0.3) is 5.91 Å². The monoisotopic (exact) mass is 337 g/mol. The van der Waals surface area contributed by atoms with E-state index < -0.39 is 5.54 Å². The molecule has 0 aliphatic heterocycles. The molecule has 0 aliphatic rings. The molecule has 2 aromatic rings. The molecule has 0 saturated carbocycles. The summed E-state index contributed by atoms with van der Waals surface area (Å²) in [6, 6.07) is 7.66. The molecule has 0 saturated heterocycles. The van der Waals surface area contributed by atoms with Gasteiger partial charge in [0, 0.05) is 22.4 Å². The zero-order chi connectivity index (χ0) is 16.2. The lowest BCUT2D eigenvalue weighted by molar-refractivity contribution is 0.0908. The van der Waals surface area contributed by atoms with E-state index in [0.717, 1.165) is 10.6 Å². The predicted molar refractivity (Wildman–Crippen MR) is 91.6 cm³/mol. The number of hydrogen-bond acceptors (Lipinski definition) is 4. The summed E-state index contributed by atoms with van der Waals surface area (Å²) in [7, 11) is 0. The smallest absolute Gasteiger partial charge is 0.271 e. The van der Waals surface area contributed by atoms with Gasteiger partial charge < -0.3 is 11.1 Å². The van der Waals surface area contributed by atoms with E-state index in [9.17, 15) is 4.79 Å². The molecule has 1 amide bonds. The molecule has 2 rings (SSSR count). The van der Waals surface area contributed by atoms with E-state index in [2.05, 4.69) is 10.3 Å². The van der Waals surface area contributed by atoms with Gasteiger partial charge in [-0.25, -0.2) is 4.98 Å². The second kappa shape index (κ2) is 7.22. The van der Waals surface area contributed by atoms with Crippen molar-refractivity contribution in [3.63, 3.8) is 0 Å². The molecule has 118 valence electrons. The molecule has 1 heterocycles. The first kappa shape index (κ1) is 16.9. The SMILES string of the molecule is CC(C)(Cc1ccccc1Cl)NC(=O)c1csc(CCN)n1. The highest BCUT2D eigenvalue weighted by molar-refractivity contribution is 7.09. The molecule has 0 fully saturated rings. The highest BCUT2D eigenvalue weighted by Crippen LogP contribution is 2.21. The van der Waals surface area contributed by atoms with Crippen molar-refractivity contribution in [1.82, 2.24) is 10.3 Å². The first-order valence-corrected chi connectivity index (χ1v) is 8.37. The fourth-order valence-corrected chi connectivity index (χ4v) is 3.18. The Morgan fingerprint density at radius 3 is 2.82 bits per heavy atom. The van der Waals surface area contributed by atoms with Gasteiger partial charge in [0.1, 0.15) is 5.69 Å². The van der Waals surface area contributed by atoms with Crippen LogP contribution in [0.1, 0.15) is 34.9 Å². The van der Waals surface area contributed by atoms with Crippen LogP contribution >= 0.6 is 22.9 Å². The molecule has 0 atom stereocenters. The Balaban J connectivity index is 2.04. The van der Waals surface area contributed by atoms with Crippen molar-refractivity contribution >= 4 is 28.8 Å². The van der Waals surface area contributed by atoms with Crippen LogP contribution in [0, 0.1) is 0 Å². The average Bonchev–Trinajstić information content (AvgIpc) is 2.90. The zero-order valence-electron chi connectivity index (χ0n) is 12.7. The molecule has 6 heteroatoms. The summed E-state index contributed by atoms with van der Waals surface area (Å²) in [4.78, 5) is 16.6. The Hall–Kier alpha value is -1.43. The van der Waals surface area contributed by atoms with Gasteiger partial charge >= 0.3 is 0 Å². The van der Waals surface area contributed by atoms with Crippen molar-refractivity contribution in [2.45, 2.75) is 32.2 Å². The number of halogens is 1. The van der Waals surface area contributed by atoms with Crippen molar-refractivity contribution in [3.05, 3.63) is 50.9 Å². The molecule has 4 nitrogen and oxygen atoms in total. The summed E-state index contributed by atoms with van der Waals surface area (Å²) in [6.45, 7) is 4.48. The highest BCUT2D eigenvalue weighted by atomic mass is 35.5. The largest absolute Gasteiger partial charge is 0.345 e. The van der Waals surface area contributed by atoms with E-state index in [4.69, 9.17) is 17.3 Å². The van der Waals surface area contributed by atoms with Crippen LogP contribution in [0.2, 0.25) is 5.02 Å². The van der Waals surface area contributed by atoms with Gasteiger partial charge in [0.15, 0.2) is 0 Å². The zero-order valence-corrected chi connectivity index (χ0v) is 14.3. The van der Waals surface area contributed by atoms with E-state index in [1.165, 1.54) is 11.3 Å². The summed E-state index contributed by atoms with van der Waals surface area (Å²) in [5.41, 5.74) is 6.54. The Morgan fingerprint density at radius 2 is 2.14 bits per heavy atom. The van der Waals surface area contributed by atoms with Crippen molar-refractivity contribution < 1.29 is 4.79 Å². The number of rotatable bonds is 6. The fourth-order valence-electron chi connectivity index (χ4n) is 2.19. The van der Waals surface area contributed by atoms with Gasteiger partial charge in [-0.3, -0.25) is 4.79 Å². The molecular formula is C16H20ClN3OS. The van der Waals surface area contributed by atoms with Crippen molar-refractivity contribution in [3.8, 4) is 0 Å². The summed E-state index contributed by atoms with van der Waals surface area (Å²) in [5.74, 6) is -0.170. The van der Waals surface area contributed by atoms with Gasteiger partial charge in [-0.05, 0) is 38.4 Å². The number of aromatic nitrogens is 1. The number of hydrogen-bond donors (Lipinski definition) is 2. The predicted octanol–water partition coefficient (Wildman–Crippen LogP) is 3.05. The van der Waals surface area contributed by atoms with Crippen molar-refractivity contribution in [2.75, 3.05) is 6.54 Å². The number of benzene rings is 1. The van der Waals surface area contributed by atoms with Crippen LogP contribution in [0.15, 0.2) is 29.6 Å². The van der Waals surface area contributed by atoms with E-state index in [1.54, 1.807) is 5.38 Å². The molecule has 0 bridgehead atoms. The van der Waals surface area contributed by atoms with Crippen LogP contribution in [-0.4, -0.2) is 23.0 Å². The van der Waals surface area contributed by atoms with Crippen LogP contribution in [-0.2, 0) is 12.8 Å². The molecule has 0 radical (unpaired) electrons. The van der Waals surface area contributed by atoms with E-state index in [0.29, 0.717) is 30.1 Å². The van der Waals surface area contributed by atoms with Crippen molar-refractivity contribution in [2.24, 2.45) is 5.73 Å². The average molecular weight is 338 g/mol. The fraction of sp³-hybridized carbons (Fsp3) is 0.375. The Labute approximate surface area is 139 Å². The van der Waals surface area contributed by atoms with Crippen LogP contribution in [0.5, 0.6) is 0 Å². The number of amides is 1. The molecule has 1 aromatic carbocycles. The standard InChI is InChI=1S/C16H20ClN3OS/c1-16(2,9-11-5-3-4-6-12(11)17)20-15(21)13-10-22-14(19-13)7-8-18/h3-6,10H,7-9,18H2,1-2H3,(H,20,21). The lowest BCUT2D eigenvalue weighted by Gasteiger charge is -2.26. The maximum atomic E-state index is 12.3. The van der Waals surface area contributed by atoms with Gasteiger partial charge in [-0.1, -0.05) is 29.8 Å². The third-order valence-electron chi connectivity index (χ3n) is 3.18. The summed E-state index contributed by atoms with van der Waals surface area (Å²) < 4.78 is 0. The van der Waals surface area contributed by atoms with Crippen LogP contribution in [0.3, 0.4) is 0 Å². The maximum Gasteiger partial charge on any atom is 0.271 e. The number of nitrogens with zero attached hydrogens (tertiary/aromatic N) is 1. The first-order valence-electron chi connectivity index (χ1n) is 7.12. The van der Waals surface area contributed by atoms with Gasteiger partial charge in [-0.2, -0.15) is 0 Å². The Kier molecular flexibility index (Phi) is 5.56. The highest BCUT2D eigenvalue weighted by Gasteiger charge is 2.23. The number of carbonyl (C=O) groups excluding carboxylic acids is 1. The second-order valence-corrected chi connectivity index (χ2v) is 7.12. The quantitative estimate of drug-likeness (QED) is 0.851. The van der Waals surface area contributed by atoms with E-state index in [-0.39, 0.29) is 5.91 Å². The Bertz CT molecular complexity index is 654. The van der Waals surface area contributed by atoms with Gasteiger partial charge in [0.2, 0.25) is 0 Å². The van der Waals surface area contributed by atoms with Crippen LogP contribution in [0.4, 0.5) is 0 Å². The van der Waals surface area contributed by atoms with Crippen molar-refractivity contribution in [1.29, 1.82) is 0 Å². The number of carbonyl (C=O) groups is 1. The lowest BCUT2D eigenvalue weighted by Crippen LogP contribution is -2.45. The summed E-state index contributed by atoms with van der Waals surface area (Å²) in [5, 5.41) is 6.39. The van der Waals surface area contributed by atoms with Gasteiger partial charge in [-0.15, -0.1) is 11.3 Å². The minimum Gasteiger partial charge on any atom is -0.345 e. The van der Waals surface area contributed by atoms with Gasteiger partial charge in [0.05, 0.1) is 5.01 Å². The topological polar surface area (TPSA) is 68.0 Å². The number of thiazole rings is 1. The minimum absolute atomic E-state index is 0.170. The third kappa shape index (κ3) is 4.53. The molecule has 0 aliphatic carbocycles. The molecular weight excluding hydrogens is 318 g/mol. The van der Waals surface area contributed by atoms with E-state index >= 15 is 0 Å². The maximum absolute atomic E-state index is 12.3. The number of nitrogens with one attached hydrogen (secondary N) is 1. The Morgan fingerprint density at radius 1 is 1.41 bits per heavy atom. The first-order chi connectivity index (χ1) is 10.4. The normalized spacial score (nSPS) is 11.5. The molecule has 0 spiro atoms. The van der Waals surface area contributed by atoms with E-state index in [1.807, 2.05) is 38.1 Å². The van der Waals surface area contributed by atoms with Crippen LogP contribution in [0.25, 0.3) is 0 Å². The molecule has 22 heavy (non-hydrogen) atoms. The molecule has 1 aromatic heterocycles. The third-order valence-corrected chi connectivity index (χ3v) is 4.46. The minimum atomic E-state index is -0.417. The number of nitrogens with two attached hydrogens (primary N) is 1. The lowest BCUT2D eigenvalue weighted by atomic mass is 9.94. The second-order valence-electron chi connectivity index (χ2n) is 5.77. The molecule has 0 unspecified atom stereocenters. The summed E-state index contributed by atoms with van der Waals surface area (Å²) in [6.07, 6.45) is 1.35. The molecule has 3 N–H and O–H groups in total. The van der Waals surface area contributed by atoms with Crippen LogP contribution < -0.4 is 11.1 Å².